The lowest BCUT2D eigenvalue weighted by Crippen LogP contribution is -2.10. The molecule has 1 heterocycles. The molecule has 0 aromatic heterocycles. The first-order valence-corrected chi connectivity index (χ1v) is 6.06. The molecular weight excluding hydrogens is 238 g/mol. The van der Waals surface area contributed by atoms with Crippen molar-refractivity contribution in [3.05, 3.63) is 34.3 Å². The van der Waals surface area contributed by atoms with Crippen LogP contribution in [0.25, 0.3) is 0 Å². The maximum atomic E-state index is 3.65. The van der Waals surface area contributed by atoms with Crippen LogP contribution in [0.1, 0.15) is 24.3 Å². The number of nitrogens with one attached hydrogen (secondary N) is 1. The minimum Gasteiger partial charge on any atom is -0.316 e. The van der Waals surface area contributed by atoms with Gasteiger partial charge in [0.2, 0.25) is 0 Å². The second-order valence-electron chi connectivity index (χ2n) is 4.57. The summed E-state index contributed by atoms with van der Waals surface area (Å²) in [7, 11) is 0. The van der Waals surface area contributed by atoms with Gasteiger partial charge in [-0.25, -0.2) is 0 Å². The summed E-state index contributed by atoms with van der Waals surface area (Å²) in [5, 5.41) is 3.48. The summed E-state index contributed by atoms with van der Waals surface area (Å²) in [5.74, 6) is 0.799. The first-order valence-electron chi connectivity index (χ1n) is 5.27. The van der Waals surface area contributed by atoms with Gasteiger partial charge in [0, 0.05) is 11.0 Å². The Morgan fingerprint density at radius 1 is 1.36 bits per heavy atom. The normalized spacial score (nSPS) is 35.1. The van der Waals surface area contributed by atoms with Gasteiger partial charge in [0.1, 0.15) is 0 Å². The van der Waals surface area contributed by atoms with E-state index in [4.69, 9.17) is 0 Å². The van der Waals surface area contributed by atoms with Gasteiger partial charge in [0.25, 0.3) is 0 Å². The van der Waals surface area contributed by atoms with Crippen LogP contribution in [0.2, 0.25) is 0 Å². The van der Waals surface area contributed by atoms with Crippen LogP contribution in [-0.2, 0) is 0 Å². The molecule has 1 saturated heterocycles. The van der Waals surface area contributed by atoms with Crippen molar-refractivity contribution in [2.45, 2.75) is 18.8 Å². The van der Waals surface area contributed by atoms with Gasteiger partial charge in [-0.3, -0.25) is 0 Å². The molecule has 0 bridgehead atoms. The van der Waals surface area contributed by atoms with Crippen molar-refractivity contribution >= 4 is 15.9 Å². The van der Waals surface area contributed by atoms with E-state index in [-0.39, 0.29) is 0 Å². The Labute approximate surface area is 93.0 Å². The van der Waals surface area contributed by atoms with E-state index in [2.05, 4.69) is 45.5 Å². The minimum atomic E-state index is 0.615. The Morgan fingerprint density at radius 3 is 2.93 bits per heavy atom. The van der Waals surface area contributed by atoms with Crippen molar-refractivity contribution in [2.24, 2.45) is 5.41 Å². The van der Waals surface area contributed by atoms with Crippen LogP contribution in [0.4, 0.5) is 0 Å². The fourth-order valence-electron chi connectivity index (χ4n) is 2.78. The lowest BCUT2D eigenvalue weighted by atomic mass is 9.98. The fourth-order valence-corrected chi connectivity index (χ4v) is 3.34. The second kappa shape index (κ2) is 3.07. The van der Waals surface area contributed by atoms with E-state index in [9.17, 15) is 0 Å². The predicted octanol–water partition coefficient (Wildman–Crippen LogP) is 2.92. The SMILES string of the molecule is Brc1ccccc1C1CC12CCNC2. The van der Waals surface area contributed by atoms with Gasteiger partial charge >= 0.3 is 0 Å². The summed E-state index contributed by atoms with van der Waals surface area (Å²) in [4.78, 5) is 0. The zero-order valence-electron chi connectivity index (χ0n) is 8.09. The number of benzene rings is 1. The van der Waals surface area contributed by atoms with E-state index in [1.807, 2.05) is 0 Å². The molecule has 2 fully saturated rings. The Morgan fingerprint density at radius 2 is 2.21 bits per heavy atom. The molecule has 1 aliphatic heterocycles. The molecular formula is C12H14BrN. The molecule has 3 rings (SSSR count). The molecule has 2 aliphatic rings. The third-order valence-electron chi connectivity index (χ3n) is 3.75. The molecule has 1 aromatic rings. The van der Waals surface area contributed by atoms with Crippen molar-refractivity contribution in [1.29, 1.82) is 0 Å². The average molecular weight is 252 g/mol. The second-order valence-corrected chi connectivity index (χ2v) is 5.42. The minimum absolute atomic E-state index is 0.615. The average Bonchev–Trinajstić information content (AvgIpc) is 2.67. The zero-order chi connectivity index (χ0) is 9.60. The summed E-state index contributed by atoms with van der Waals surface area (Å²) in [6.45, 7) is 2.43. The van der Waals surface area contributed by atoms with Gasteiger partial charge in [-0.05, 0) is 42.3 Å². The fraction of sp³-hybridized carbons (Fsp3) is 0.500. The highest BCUT2D eigenvalue weighted by atomic mass is 79.9. The summed E-state index contributed by atoms with van der Waals surface area (Å²) in [6.07, 6.45) is 2.74. The van der Waals surface area contributed by atoms with Gasteiger partial charge in [0.15, 0.2) is 0 Å². The lowest BCUT2D eigenvalue weighted by Gasteiger charge is -2.08. The van der Waals surface area contributed by atoms with Gasteiger partial charge in [-0.15, -0.1) is 0 Å². The van der Waals surface area contributed by atoms with Gasteiger partial charge in [0.05, 0.1) is 0 Å². The van der Waals surface area contributed by atoms with Gasteiger partial charge < -0.3 is 5.32 Å². The highest BCUT2D eigenvalue weighted by Crippen LogP contribution is 2.63. The van der Waals surface area contributed by atoms with Crippen LogP contribution in [0.5, 0.6) is 0 Å². The van der Waals surface area contributed by atoms with E-state index < -0.39 is 0 Å². The van der Waals surface area contributed by atoms with Crippen LogP contribution < -0.4 is 5.32 Å². The topological polar surface area (TPSA) is 12.0 Å². The molecule has 1 spiro atoms. The number of hydrogen-bond acceptors (Lipinski definition) is 1. The van der Waals surface area contributed by atoms with Gasteiger partial charge in [-0.2, -0.15) is 0 Å². The molecule has 2 heteroatoms. The van der Waals surface area contributed by atoms with Crippen LogP contribution in [0, 0.1) is 5.41 Å². The Balaban J connectivity index is 1.89. The molecule has 14 heavy (non-hydrogen) atoms. The molecule has 1 N–H and O–H groups in total. The van der Waals surface area contributed by atoms with Crippen molar-refractivity contribution < 1.29 is 0 Å². The lowest BCUT2D eigenvalue weighted by molar-refractivity contribution is 0.548. The van der Waals surface area contributed by atoms with E-state index in [0.717, 1.165) is 5.92 Å². The molecule has 1 nitrogen and oxygen atoms in total. The van der Waals surface area contributed by atoms with E-state index in [1.165, 1.54) is 36.0 Å². The monoisotopic (exact) mass is 251 g/mol. The maximum absolute atomic E-state index is 3.65. The molecule has 0 amide bonds. The Bertz CT molecular complexity index is 355. The van der Waals surface area contributed by atoms with Crippen molar-refractivity contribution in [1.82, 2.24) is 5.32 Å². The number of hydrogen-bond donors (Lipinski definition) is 1. The molecule has 1 saturated carbocycles. The molecule has 1 aromatic carbocycles. The summed E-state index contributed by atoms with van der Waals surface area (Å²) >= 11 is 3.65. The number of rotatable bonds is 1. The quantitative estimate of drug-likeness (QED) is 0.810. The van der Waals surface area contributed by atoms with E-state index >= 15 is 0 Å². The maximum Gasteiger partial charge on any atom is 0.0210 e. The first kappa shape index (κ1) is 8.93. The van der Waals surface area contributed by atoms with Crippen LogP contribution in [0.15, 0.2) is 28.7 Å². The van der Waals surface area contributed by atoms with Crippen molar-refractivity contribution in [3.8, 4) is 0 Å². The predicted molar refractivity (Wildman–Crippen MR) is 61.4 cm³/mol. The molecule has 1 aliphatic carbocycles. The van der Waals surface area contributed by atoms with Crippen LogP contribution >= 0.6 is 15.9 Å². The highest BCUT2D eigenvalue weighted by Gasteiger charge is 2.56. The largest absolute Gasteiger partial charge is 0.316 e. The number of halogens is 1. The van der Waals surface area contributed by atoms with Gasteiger partial charge in [-0.1, -0.05) is 34.1 Å². The summed E-state index contributed by atoms with van der Waals surface area (Å²) in [5.41, 5.74) is 2.13. The standard InChI is InChI=1S/C12H14BrN/c13-11-4-2-1-3-9(11)10-7-12(10)5-6-14-8-12/h1-4,10,14H,5-8H2. The third kappa shape index (κ3) is 1.24. The molecule has 2 atom stereocenters. The van der Waals surface area contributed by atoms with E-state index in [0.29, 0.717) is 5.41 Å². The van der Waals surface area contributed by atoms with E-state index in [1.54, 1.807) is 0 Å². The zero-order valence-corrected chi connectivity index (χ0v) is 9.68. The third-order valence-corrected chi connectivity index (χ3v) is 4.47. The summed E-state index contributed by atoms with van der Waals surface area (Å²) < 4.78 is 1.29. The molecule has 0 radical (unpaired) electrons. The Kier molecular flexibility index (Phi) is 1.96. The van der Waals surface area contributed by atoms with Crippen molar-refractivity contribution in [2.75, 3.05) is 13.1 Å². The smallest absolute Gasteiger partial charge is 0.0210 e. The molecule has 2 unspecified atom stereocenters. The van der Waals surface area contributed by atoms with Crippen LogP contribution in [0.3, 0.4) is 0 Å². The van der Waals surface area contributed by atoms with Crippen LogP contribution in [-0.4, -0.2) is 13.1 Å². The van der Waals surface area contributed by atoms with Crippen molar-refractivity contribution in [3.63, 3.8) is 0 Å². The summed E-state index contributed by atoms with van der Waals surface area (Å²) in [6, 6.07) is 8.66. The highest BCUT2D eigenvalue weighted by molar-refractivity contribution is 9.10. The Hall–Kier alpha value is -0.340. The first-order chi connectivity index (χ1) is 6.82. The molecule has 74 valence electrons.